The second-order valence-electron chi connectivity index (χ2n) is 2.85. The number of rotatable bonds is 1. The number of allylic oxidation sites excluding steroid dienone is 4. The number of hydrogen-bond donors (Lipinski definition) is 0. The van der Waals surface area contributed by atoms with E-state index >= 15 is 0 Å². The van der Waals surface area contributed by atoms with Crippen LogP contribution in [0.1, 0.15) is 12.8 Å². The van der Waals surface area contributed by atoms with Gasteiger partial charge in [-0.3, -0.25) is 0 Å². The van der Waals surface area contributed by atoms with Crippen molar-refractivity contribution in [3.63, 3.8) is 0 Å². The van der Waals surface area contributed by atoms with Crippen molar-refractivity contribution in [2.45, 2.75) is 12.8 Å². The Bertz CT molecular complexity index is 380. The van der Waals surface area contributed by atoms with E-state index in [9.17, 15) is 0 Å². The number of hydrogen-bond acceptors (Lipinski definition) is 3. The van der Waals surface area contributed by atoms with Gasteiger partial charge in [0.2, 0.25) is 0 Å². The van der Waals surface area contributed by atoms with Crippen LogP contribution >= 0.6 is 0 Å². The van der Waals surface area contributed by atoms with Crippen LogP contribution in [0.15, 0.2) is 23.4 Å². The minimum atomic E-state index is 0.0985. The molecule has 1 aliphatic heterocycles. The fourth-order valence-corrected chi connectivity index (χ4v) is 1.30. The van der Waals surface area contributed by atoms with Crippen LogP contribution in [0.2, 0.25) is 0 Å². The Kier molecular flexibility index (Phi) is 3.36. The van der Waals surface area contributed by atoms with Crippen molar-refractivity contribution in [3.8, 4) is 24.6 Å². The summed E-state index contributed by atoms with van der Waals surface area (Å²) in [6, 6.07) is 6.13. The SMILES string of the molecule is C#CN1CCC/C1=C/C=C(C#N)C#N. The highest BCUT2D eigenvalue weighted by molar-refractivity contribution is 5.39. The van der Waals surface area contributed by atoms with Gasteiger partial charge in [0.1, 0.15) is 17.7 Å². The van der Waals surface area contributed by atoms with Crippen LogP contribution in [0.5, 0.6) is 0 Å². The van der Waals surface area contributed by atoms with Crippen LogP contribution in [-0.2, 0) is 0 Å². The predicted molar refractivity (Wildman–Crippen MR) is 52.2 cm³/mol. The van der Waals surface area contributed by atoms with Crippen molar-refractivity contribution in [2.75, 3.05) is 6.54 Å². The summed E-state index contributed by atoms with van der Waals surface area (Å²) in [7, 11) is 0. The van der Waals surface area contributed by atoms with Crippen molar-refractivity contribution < 1.29 is 0 Å². The molecule has 1 heterocycles. The molecule has 0 saturated carbocycles. The molecule has 1 fully saturated rings. The zero-order chi connectivity index (χ0) is 10.4. The highest BCUT2D eigenvalue weighted by Crippen LogP contribution is 2.19. The fourth-order valence-electron chi connectivity index (χ4n) is 1.30. The molecule has 0 aliphatic carbocycles. The van der Waals surface area contributed by atoms with Crippen molar-refractivity contribution in [3.05, 3.63) is 23.4 Å². The Balaban J connectivity index is 2.81. The molecule has 1 rings (SSSR count). The third kappa shape index (κ3) is 2.16. The molecule has 3 nitrogen and oxygen atoms in total. The van der Waals surface area contributed by atoms with E-state index in [0.717, 1.165) is 25.1 Å². The molecule has 0 bridgehead atoms. The molecule has 14 heavy (non-hydrogen) atoms. The zero-order valence-electron chi connectivity index (χ0n) is 7.70. The summed E-state index contributed by atoms with van der Waals surface area (Å²) >= 11 is 0. The third-order valence-corrected chi connectivity index (χ3v) is 2.00. The maximum Gasteiger partial charge on any atom is 0.129 e. The van der Waals surface area contributed by atoms with E-state index in [-0.39, 0.29) is 5.57 Å². The molecule has 3 heteroatoms. The number of likely N-dealkylation sites (tertiary alicyclic amines) is 1. The van der Waals surface area contributed by atoms with Gasteiger partial charge in [0.15, 0.2) is 0 Å². The first-order valence-electron chi connectivity index (χ1n) is 4.26. The average molecular weight is 183 g/mol. The second kappa shape index (κ2) is 4.75. The molecule has 0 N–H and O–H groups in total. The summed E-state index contributed by atoms with van der Waals surface area (Å²) in [5.41, 5.74) is 1.09. The van der Waals surface area contributed by atoms with Crippen LogP contribution in [0.3, 0.4) is 0 Å². The van der Waals surface area contributed by atoms with E-state index in [1.165, 1.54) is 6.08 Å². The summed E-state index contributed by atoms with van der Waals surface area (Å²) in [4.78, 5) is 1.79. The molecule has 1 saturated heterocycles. The average Bonchev–Trinajstić information content (AvgIpc) is 2.67. The predicted octanol–water partition coefficient (Wildman–Crippen LogP) is 1.53. The Hall–Kier alpha value is -2.18. The van der Waals surface area contributed by atoms with E-state index in [0.29, 0.717) is 0 Å². The van der Waals surface area contributed by atoms with Crippen molar-refractivity contribution in [2.24, 2.45) is 0 Å². The van der Waals surface area contributed by atoms with Gasteiger partial charge in [-0.25, -0.2) is 0 Å². The molecule has 0 aromatic heterocycles. The van der Waals surface area contributed by atoms with Gasteiger partial charge in [-0.2, -0.15) is 10.5 Å². The lowest BCUT2D eigenvalue weighted by Gasteiger charge is -2.09. The Morgan fingerprint density at radius 2 is 2.14 bits per heavy atom. The monoisotopic (exact) mass is 183 g/mol. The highest BCUT2D eigenvalue weighted by atomic mass is 15.1. The second-order valence-corrected chi connectivity index (χ2v) is 2.85. The van der Waals surface area contributed by atoms with Crippen LogP contribution in [0.25, 0.3) is 0 Å². The van der Waals surface area contributed by atoms with Crippen LogP contribution in [0, 0.1) is 35.1 Å². The van der Waals surface area contributed by atoms with Gasteiger partial charge in [0, 0.05) is 18.3 Å². The summed E-state index contributed by atoms with van der Waals surface area (Å²) in [5, 5.41) is 17.0. The number of nitriles is 2. The molecule has 1 aliphatic rings. The first-order chi connectivity index (χ1) is 6.81. The van der Waals surface area contributed by atoms with E-state index in [1.54, 1.807) is 23.1 Å². The van der Waals surface area contributed by atoms with Crippen LogP contribution in [0.4, 0.5) is 0 Å². The Morgan fingerprint density at radius 3 is 2.71 bits per heavy atom. The maximum absolute atomic E-state index is 8.50. The fraction of sp³-hybridized carbons (Fsp3) is 0.273. The quantitative estimate of drug-likeness (QED) is 0.457. The number of nitrogens with zero attached hydrogens (tertiary/aromatic N) is 3. The maximum atomic E-state index is 8.50. The summed E-state index contributed by atoms with van der Waals surface area (Å²) < 4.78 is 0. The van der Waals surface area contributed by atoms with Crippen molar-refractivity contribution in [1.29, 1.82) is 10.5 Å². The van der Waals surface area contributed by atoms with Crippen LogP contribution in [-0.4, -0.2) is 11.4 Å². The van der Waals surface area contributed by atoms with Gasteiger partial charge in [-0.05, 0) is 25.0 Å². The summed E-state index contributed by atoms with van der Waals surface area (Å²) in [5.74, 6) is 0. The molecular weight excluding hydrogens is 174 g/mol. The molecule has 0 atom stereocenters. The summed E-state index contributed by atoms with van der Waals surface area (Å²) in [6.07, 6.45) is 10.5. The Labute approximate surface area is 83.5 Å². The van der Waals surface area contributed by atoms with Gasteiger partial charge in [-0.15, -0.1) is 0 Å². The minimum absolute atomic E-state index is 0.0985. The van der Waals surface area contributed by atoms with Crippen molar-refractivity contribution in [1.82, 2.24) is 4.90 Å². The van der Waals surface area contributed by atoms with E-state index in [1.807, 2.05) is 0 Å². The first-order valence-corrected chi connectivity index (χ1v) is 4.26. The molecular formula is C11H9N3. The summed E-state index contributed by atoms with van der Waals surface area (Å²) in [6.45, 7) is 0.852. The van der Waals surface area contributed by atoms with E-state index < -0.39 is 0 Å². The lowest BCUT2D eigenvalue weighted by atomic mass is 10.2. The zero-order valence-corrected chi connectivity index (χ0v) is 7.70. The Morgan fingerprint density at radius 1 is 1.43 bits per heavy atom. The highest BCUT2D eigenvalue weighted by Gasteiger charge is 2.13. The third-order valence-electron chi connectivity index (χ3n) is 2.00. The molecule has 0 radical (unpaired) electrons. The normalized spacial score (nSPS) is 16.9. The lowest BCUT2D eigenvalue weighted by Crippen LogP contribution is -2.08. The molecule has 0 amide bonds. The van der Waals surface area contributed by atoms with Crippen molar-refractivity contribution >= 4 is 0 Å². The van der Waals surface area contributed by atoms with E-state index in [4.69, 9.17) is 16.9 Å². The van der Waals surface area contributed by atoms with Gasteiger partial charge in [-0.1, -0.05) is 6.42 Å². The molecule has 0 unspecified atom stereocenters. The lowest BCUT2D eigenvalue weighted by molar-refractivity contribution is 0.565. The number of terminal acetylenes is 1. The van der Waals surface area contributed by atoms with Crippen LogP contribution < -0.4 is 0 Å². The topological polar surface area (TPSA) is 50.8 Å². The van der Waals surface area contributed by atoms with Gasteiger partial charge >= 0.3 is 0 Å². The first kappa shape index (κ1) is 9.90. The smallest absolute Gasteiger partial charge is 0.129 e. The standard InChI is InChI=1S/C11H9N3/c1-2-14-7-3-4-11(14)6-5-10(8-12)9-13/h1,5-6H,3-4,7H2/b11-6-. The van der Waals surface area contributed by atoms with Gasteiger partial charge < -0.3 is 4.90 Å². The molecule has 68 valence electrons. The minimum Gasteiger partial charge on any atom is -0.306 e. The van der Waals surface area contributed by atoms with Gasteiger partial charge in [0.05, 0.1) is 0 Å². The van der Waals surface area contributed by atoms with E-state index in [2.05, 4.69) is 6.04 Å². The van der Waals surface area contributed by atoms with Gasteiger partial charge in [0.25, 0.3) is 0 Å². The molecule has 0 aromatic carbocycles. The molecule has 0 aromatic rings. The molecule has 0 spiro atoms. The largest absolute Gasteiger partial charge is 0.306 e.